The maximum absolute atomic E-state index is 12.7. The van der Waals surface area contributed by atoms with Gasteiger partial charge in [-0.05, 0) is 18.2 Å². The number of rotatable bonds is 4. The molecule has 23 heavy (non-hydrogen) atoms. The third-order valence-electron chi connectivity index (χ3n) is 3.50. The fraction of sp³-hybridized carbons (Fsp3) is 0.500. The highest BCUT2D eigenvalue weighted by atomic mass is 79.9. The van der Waals surface area contributed by atoms with Crippen molar-refractivity contribution < 1.29 is 16.8 Å². The van der Waals surface area contributed by atoms with Gasteiger partial charge in [0.25, 0.3) is 10.2 Å². The Morgan fingerprint density at radius 3 is 2.04 bits per heavy atom. The van der Waals surface area contributed by atoms with Crippen LogP contribution in [0.3, 0.4) is 0 Å². The average Bonchev–Trinajstić information content (AvgIpc) is 2.46. The number of halogens is 2. The van der Waals surface area contributed by atoms with Crippen molar-refractivity contribution in [3.05, 3.63) is 27.7 Å². The Kier molecular flexibility index (Phi) is 5.77. The smallest absolute Gasteiger partial charge is 0.207 e. The summed E-state index contributed by atoms with van der Waals surface area (Å²) in [5.74, 6) is 0. The van der Waals surface area contributed by atoms with Crippen molar-refractivity contribution in [3.8, 4) is 0 Å². The predicted octanol–water partition coefficient (Wildman–Crippen LogP) is 1.22. The largest absolute Gasteiger partial charge is 0.281 e. The Hall–Kier alpha value is -0.230. The van der Waals surface area contributed by atoms with Crippen LogP contribution in [0.2, 0.25) is 5.02 Å². The molecule has 2 rings (SSSR count). The van der Waals surface area contributed by atoms with E-state index < -0.39 is 20.2 Å². The summed E-state index contributed by atoms with van der Waals surface area (Å²) < 4.78 is 53.8. The zero-order valence-electron chi connectivity index (χ0n) is 12.6. The van der Waals surface area contributed by atoms with Gasteiger partial charge in [0.1, 0.15) is 4.90 Å². The summed E-state index contributed by atoms with van der Waals surface area (Å²) in [4.78, 5) is 0.0197. The molecule has 0 saturated carbocycles. The van der Waals surface area contributed by atoms with Crippen LogP contribution in [0.4, 0.5) is 0 Å². The van der Waals surface area contributed by atoms with Crippen molar-refractivity contribution in [3.63, 3.8) is 0 Å². The van der Waals surface area contributed by atoms with Gasteiger partial charge in [-0.2, -0.15) is 21.3 Å². The molecule has 130 valence electrons. The molecule has 0 unspecified atom stereocenters. The molecular weight excluding hydrogens is 430 g/mol. The first-order valence-electron chi connectivity index (χ1n) is 6.69. The minimum Gasteiger partial charge on any atom is -0.207 e. The van der Waals surface area contributed by atoms with E-state index in [0.717, 1.165) is 4.31 Å². The summed E-state index contributed by atoms with van der Waals surface area (Å²) in [6.45, 7) is 0.380. The average molecular weight is 447 g/mol. The lowest BCUT2D eigenvalue weighted by Crippen LogP contribution is -2.52. The summed E-state index contributed by atoms with van der Waals surface area (Å²) in [6.07, 6.45) is 0. The zero-order valence-corrected chi connectivity index (χ0v) is 16.6. The quantitative estimate of drug-likeness (QED) is 0.696. The monoisotopic (exact) mass is 445 g/mol. The molecule has 1 fully saturated rings. The highest BCUT2D eigenvalue weighted by Crippen LogP contribution is 2.28. The fourth-order valence-corrected chi connectivity index (χ4v) is 5.72. The molecule has 0 aliphatic carbocycles. The Balaban J connectivity index is 2.19. The standard InChI is InChI=1S/C12H17BrClN3O4S2/c1-15(2)23(20,21)17-7-5-16(6-8-17)22(18,19)12-4-3-10(13)9-11(12)14/h3-4,9H,5-8H2,1-2H3. The molecule has 0 bridgehead atoms. The van der Waals surface area contributed by atoms with Crippen molar-refractivity contribution in [1.29, 1.82) is 0 Å². The topological polar surface area (TPSA) is 78.0 Å². The van der Waals surface area contributed by atoms with Gasteiger partial charge < -0.3 is 0 Å². The van der Waals surface area contributed by atoms with Crippen LogP contribution in [0.25, 0.3) is 0 Å². The van der Waals surface area contributed by atoms with Crippen LogP contribution in [0, 0.1) is 0 Å². The van der Waals surface area contributed by atoms with Crippen LogP contribution in [0.5, 0.6) is 0 Å². The Bertz CT molecular complexity index is 791. The fourth-order valence-electron chi connectivity index (χ4n) is 2.20. The lowest BCUT2D eigenvalue weighted by atomic mass is 10.4. The molecular formula is C12H17BrClN3O4S2. The zero-order chi connectivity index (χ0) is 17.4. The third-order valence-corrected chi connectivity index (χ3v) is 8.31. The van der Waals surface area contributed by atoms with Gasteiger partial charge in [-0.1, -0.05) is 27.5 Å². The molecule has 1 saturated heterocycles. The Morgan fingerprint density at radius 1 is 1.04 bits per heavy atom. The number of benzene rings is 1. The van der Waals surface area contributed by atoms with Crippen molar-refractivity contribution >= 4 is 47.8 Å². The number of sulfonamides is 1. The molecule has 11 heteroatoms. The van der Waals surface area contributed by atoms with Gasteiger partial charge in [-0.3, -0.25) is 0 Å². The van der Waals surface area contributed by atoms with Gasteiger partial charge in [0, 0.05) is 44.7 Å². The summed E-state index contributed by atoms with van der Waals surface area (Å²) in [5, 5.41) is 0.128. The van der Waals surface area contributed by atoms with Gasteiger partial charge in [0.05, 0.1) is 5.02 Å². The Labute approximate surface area is 150 Å². The second-order valence-electron chi connectivity index (χ2n) is 5.17. The number of hydrogen-bond donors (Lipinski definition) is 0. The molecule has 0 radical (unpaired) electrons. The van der Waals surface area contributed by atoms with Gasteiger partial charge in [0.2, 0.25) is 10.0 Å². The molecule has 1 aliphatic heterocycles. The van der Waals surface area contributed by atoms with E-state index in [9.17, 15) is 16.8 Å². The number of nitrogens with zero attached hydrogens (tertiary/aromatic N) is 3. The van der Waals surface area contributed by atoms with E-state index in [1.165, 1.54) is 34.8 Å². The second-order valence-corrected chi connectivity index (χ2v) is 10.5. The van der Waals surface area contributed by atoms with E-state index in [-0.39, 0.29) is 36.1 Å². The van der Waals surface area contributed by atoms with Crippen LogP contribution in [0.15, 0.2) is 27.6 Å². The molecule has 7 nitrogen and oxygen atoms in total. The van der Waals surface area contributed by atoms with E-state index in [0.29, 0.717) is 4.47 Å². The molecule has 0 spiro atoms. The van der Waals surface area contributed by atoms with Crippen molar-refractivity contribution in [1.82, 2.24) is 12.9 Å². The number of piperazine rings is 1. The van der Waals surface area contributed by atoms with Crippen LogP contribution >= 0.6 is 27.5 Å². The van der Waals surface area contributed by atoms with E-state index in [1.807, 2.05) is 0 Å². The molecule has 0 amide bonds. The molecule has 0 N–H and O–H groups in total. The summed E-state index contributed by atoms with van der Waals surface area (Å²) in [7, 11) is -4.40. The normalized spacial score (nSPS) is 18.5. The molecule has 0 atom stereocenters. The van der Waals surface area contributed by atoms with Crippen molar-refractivity contribution in [2.24, 2.45) is 0 Å². The minimum atomic E-state index is -3.75. The van der Waals surface area contributed by atoms with Gasteiger partial charge >= 0.3 is 0 Å². The van der Waals surface area contributed by atoms with Crippen LogP contribution < -0.4 is 0 Å². The van der Waals surface area contributed by atoms with Crippen LogP contribution in [-0.4, -0.2) is 70.0 Å². The summed E-state index contributed by atoms with van der Waals surface area (Å²) in [5.41, 5.74) is 0. The first-order valence-corrected chi connectivity index (χ1v) is 10.7. The first-order chi connectivity index (χ1) is 10.6. The second kappa shape index (κ2) is 6.95. The highest BCUT2D eigenvalue weighted by molar-refractivity contribution is 9.10. The van der Waals surface area contributed by atoms with Crippen molar-refractivity contribution in [2.45, 2.75) is 4.90 Å². The van der Waals surface area contributed by atoms with Gasteiger partial charge in [-0.25, -0.2) is 8.42 Å². The molecule has 0 aromatic heterocycles. The summed E-state index contributed by atoms with van der Waals surface area (Å²) in [6, 6.07) is 4.55. The highest BCUT2D eigenvalue weighted by Gasteiger charge is 2.34. The molecule has 1 aromatic carbocycles. The first kappa shape index (κ1) is 19.1. The van der Waals surface area contributed by atoms with E-state index >= 15 is 0 Å². The van der Waals surface area contributed by atoms with Gasteiger partial charge in [0.15, 0.2) is 0 Å². The van der Waals surface area contributed by atoms with E-state index in [1.54, 1.807) is 6.07 Å². The number of hydrogen-bond acceptors (Lipinski definition) is 4. The molecule has 1 aliphatic rings. The van der Waals surface area contributed by atoms with E-state index in [4.69, 9.17) is 11.6 Å². The maximum atomic E-state index is 12.7. The minimum absolute atomic E-state index is 0.0197. The lowest BCUT2D eigenvalue weighted by molar-refractivity contribution is 0.262. The summed E-state index contributed by atoms with van der Waals surface area (Å²) >= 11 is 9.26. The molecule has 1 heterocycles. The maximum Gasteiger partial charge on any atom is 0.281 e. The molecule has 1 aromatic rings. The third kappa shape index (κ3) is 3.89. The Morgan fingerprint density at radius 2 is 1.57 bits per heavy atom. The predicted molar refractivity (Wildman–Crippen MR) is 92.1 cm³/mol. The SMILES string of the molecule is CN(C)S(=O)(=O)N1CCN(S(=O)(=O)c2ccc(Br)cc2Cl)CC1. The van der Waals surface area contributed by atoms with Crippen molar-refractivity contribution in [2.75, 3.05) is 40.3 Å². The van der Waals surface area contributed by atoms with E-state index in [2.05, 4.69) is 15.9 Å². The van der Waals surface area contributed by atoms with Gasteiger partial charge in [-0.15, -0.1) is 0 Å². The van der Waals surface area contributed by atoms with Crippen LogP contribution in [0.1, 0.15) is 0 Å². The lowest BCUT2D eigenvalue weighted by Gasteiger charge is -2.34. The van der Waals surface area contributed by atoms with Crippen LogP contribution in [-0.2, 0) is 20.2 Å².